The number of nitrogens with zero attached hydrogens (tertiary/aromatic N) is 1. The molecule has 4 rings (SSSR count). The Morgan fingerprint density at radius 1 is 1.26 bits per heavy atom. The first-order valence-electron chi connectivity index (χ1n) is 12.6. The van der Waals surface area contributed by atoms with Gasteiger partial charge >= 0.3 is 0 Å². The van der Waals surface area contributed by atoms with Crippen LogP contribution in [-0.2, 0) is 27.3 Å². The molecule has 0 radical (unpaired) electrons. The molecule has 0 spiro atoms. The zero-order valence-electron chi connectivity index (χ0n) is 22.2. The number of carbonyl (C=O) groups is 3. The van der Waals surface area contributed by atoms with Gasteiger partial charge in [-0.25, -0.2) is 0 Å². The van der Waals surface area contributed by atoms with Crippen molar-refractivity contribution in [2.24, 2.45) is 17.4 Å². The lowest BCUT2D eigenvalue weighted by Crippen LogP contribution is -2.73. The average Bonchev–Trinajstić information content (AvgIpc) is 2.84. The number of aromatic hydroxyl groups is 1. The number of nitrogens with two attached hydrogens (primary N) is 2. The SMILES string of the molecule is C=C(CNCC)NCc1cc(N(C)C)c2c(c1O)C(O)=C1C(=O)[C@]3(O)C(O)=C(C(N)=O)C(=O)C[C@]3(N)C[C@@H]1C2. The average molecular weight is 542 g/mol. The van der Waals surface area contributed by atoms with Gasteiger partial charge in [-0.2, -0.15) is 0 Å². The molecule has 0 bridgehead atoms. The van der Waals surface area contributed by atoms with Crippen LogP contribution >= 0.6 is 0 Å². The number of anilines is 1. The van der Waals surface area contributed by atoms with Gasteiger partial charge in [0.25, 0.3) is 5.91 Å². The number of carbonyl (C=O) groups excluding carboxylic acids is 3. The van der Waals surface area contributed by atoms with Crippen molar-refractivity contribution in [3.8, 4) is 5.75 Å². The molecule has 1 aromatic rings. The number of aliphatic hydroxyl groups is 3. The number of aliphatic hydroxyl groups excluding tert-OH is 2. The number of amides is 1. The summed E-state index contributed by atoms with van der Waals surface area (Å²) in [5.74, 6) is -6.14. The summed E-state index contributed by atoms with van der Waals surface area (Å²) in [4.78, 5) is 40.1. The fourth-order valence-corrected chi connectivity index (χ4v) is 5.94. The molecule has 0 saturated heterocycles. The summed E-state index contributed by atoms with van der Waals surface area (Å²) in [5, 5.41) is 51.3. The van der Waals surface area contributed by atoms with Crippen LogP contribution in [0.5, 0.6) is 5.75 Å². The van der Waals surface area contributed by atoms with Gasteiger partial charge < -0.3 is 47.4 Å². The first-order chi connectivity index (χ1) is 18.2. The number of hydrogen-bond acceptors (Lipinski definition) is 11. The molecule has 3 atom stereocenters. The van der Waals surface area contributed by atoms with E-state index in [-0.39, 0.29) is 36.3 Å². The van der Waals surface area contributed by atoms with E-state index < -0.39 is 58.0 Å². The van der Waals surface area contributed by atoms with E-state index in [4.69, 9.17) is 11.5 Å². The molecule has 3 aliphatic carbocycles. The zero-order valence-corrected chi connectivity index (χ0v) is 22.2. The van der Waals surface area contributed by atoms with Crippen molar-refractivity contribution in [1.82, 2.24) is 10.6 Å². The third-order valence-corrected chi connectivity index (χ3v) is 7.90. The highest BCUT2D eigenvalue weighted by Gasteiger charge is 2.67. The van der Waals surface area contributed by atoms with Crippen LogP contribution in [0.3, 0.4) is 0 Å². The second-order valence-electron chi connectivity index (χ2n) is 10.6. The summed E-state index contributed by atoms with van der Waals surface area (Å²) in [5.41, 5.74) is 8.08. The molecule has 1 aromatic carbocycles. The van der Waals surface area contributed by atoms with Crippen molar-refractivity contribution in [2.45, 2.75) is 43.9 Å². The molecule has 12 heteroatoms. The number of Topliss-reactive ketones (excluding diaryl/α,β-unsaturated/α-hetero) is 2. The zero-order chi connectivity index (χ0) is 29.0. The molecule has 210 valence electrons. The highest BCUT2D eigenvalue weighted by molar-refractivity contribution is 6.23. The molecular weight excluding hydrogens is 506 g/mol. The quantitative estimate of drug-likeness (QED) is 0.202. The van der Waals surface area contributed by atoms with Gasteiger partial charge in [0, 0.05) is 56.1 Å². The van der Waals surface area contributed by atoms with Crippen molar-refractivity contribution in [2.75, 3.05) is 32.1 Å². The summed E-state index contributed by atoms with van der Waals surface area (Å²) in [6.45, 7) is 7.35. The van der Waals surface area contributed by atoms with E-state index >= 15 is 0 Å². The van der Waals surface area contributed by atoms with Crippen LogP contribution in [0.15, 0.2) is 35.2 Å². The maximum absolute atomic E-state index is 13.8. The second-order valence-corrected chi connectivity index (χ2v) is 10.6. The van der Waals surface area contributed by atoms with Crippen molar-refractivity contribution in [1.29, 1.82) is 0 Å². The van der Waals surface area contributed by atoms with E-state index in [1.54, 1.807) is 20.2 Å². The molecule has 0 heterocycles. The Morgan fingerprint density at radius 2 is 1.92 bits per heavy atom. The summed E-state index contributed by atoms with van der Waals surface area (Å²) in [7, 11) is 3.60. The first-order valence-corrected chi connectivity index (χ1v) is 12.6. The number of nitrogens with one attached hydrogen (secondary N) is 2. The van der Waals surface area contributed by atoms with Gasteiger partial charge in [0.2, 0.25) is 11.4 Å². The third-order valence-electron chi connectivity index (χ3n) is 7.90. The predicted octanol–water partition coefficient (Wildman–Crippen LogP) is -0.216. The van der Waals surface area contributed by atoms with Crippen LogP contribution in [0.25, 0.3) is 5.76 Å². The van der Waals surface area contributed by atoms with Gasteiger partial charge in [0.05, 0.1) is 11.1 Å². The molecule has 0 aromatic heterocycles. The Balaban J connectivity index is 1.87. The fourth-order valence-electron chi connectivity index (χ4n) is 5.94. The lowest BCUT2D eigenvalue weighted by atomic mass is 9.55. The predicted molar refractivity (Wildman–Crippen MR) is 144 cm³/mol. The van der Waals surface area contributed by atoms with Crippen molar-refractivity contribution in [3.05, 3.63) is 51.9 Å². The number of benzene rings is 1. The Morgan fingerprint density at radius 3 is 2.51 bits per heavy atom. The lowest BCUT2D eigenvalue weighted by Gasteiger charge is -2.52. The summed E-state index contributed by atoms with van der Waals surface area (Å²) in [6, 6.07) is 1.77. The molecule has 1 saturated carbocycles. The summed E-state index contributed by atoms with van der Waals surface area (Å²) in [6.07, 6.45) is -0.627. The smallest absolute Gasteiger partial charge is 0.255 e. The Hall–Kier alpha value is -3.87. The molecular formula is C27H35N5O7. The van der Waals surface area contributed by atoms with Crippen LogP contribution < -0.4 is 27.0 Å². The Bertz CT molecular complexity index is 1360. The Labute approximate surface area is 225 Å². The summed E-state index contributed by atoms with van der Waals surface area (Å²) < 4.78 is 0. The topological polar surface area (TPSA) is 211 Å². The molecule has 3 aliphatic rings. The van der Waals surface area contributed by atoms with E-state index in [1.165, 1.54) is 0 Å². The minimum Gasteiger partial charge on any atom is -0.508 e. The first kappa shape index (κ1) is 28.1. The van der Waals surface area contributed by atoms with Gasteiger partial charge in [0.15, 0.2) is 11.5 Å². The van der Waals surface area contributed by atoms with Crippen LogP contribution in [0.2, 0.25) is 0 Å². The number of fused-ring (bicyclic) bond motifs is 3. The number of likely N-dealkylation sites (N-methyl/N-ethyl adjacent to an activating group) is 1. The van der Waals surface area contributed by atoms with Gasteiger partial charge in [-0.15, -0.1) is 0 Å². The van der Waals surface area contributed by atoms with Crippen LogP contribution in [-0.4, -0.2) is 76.2 Å². The molecule has 0 unspecified atom stereocenters. The van der Waals surface area contributed by atoms with Gasteiger partial charge in [-0.05, 0) is 36.9 Å². The molecule has 1 amide bonds. The highest BCUT2D eigenvalue weighted by atomic mass is 16.4. The van der Waals surface area contributed by atoms with E-state index in [0.29, 0.717) is 29.1 Å². The second kappa shape index (κ2) is 9.70. The molecule has 1 fully saturated rings. The number of ketones is 2. The summed E-state index contributed by atoms with van der Waals surface area (Å²) >= 11 is 0. The van der Waals surface area contributed by atoms with E-state index in [9.17, 15) is 34.8 Å². The van der Waals surface area contributed by atoms with Crippen molar-refractivity contribution in [3.63, 3.8) is 0 Å². The number of rotatable bonds is 8. The molecule has 10 N–H and O–H groups in total. The van der Waals surface area contributed by atoms with Crippen LogP contribution in [0.1, 0.15) is 36.5 Å². The minimum atomic E-state index is -2.87. The van der Waals surface area contributed by atoms with Gasteiger partial charge in [-0.1, -0.05) is 13.5 Å². The monoisotopic (exact) mass is 541 g/mol. The lowest BCUT2D eigenvalue weighted by molar-refractivity contribution is -0.150. The van der Waals surface area contributed by atoms with E-state index in [1.807, 2.05) is 11.8 Å². The fraction of sp³-hybridized carbons (Fsp3) is 0.444. The van der Waals surface area contributed by atoms with E-state index in [2.05, 4.69) is 17.2 Å². The van der Waals surface area contributed by atoms with Gasteiger partial charge in [0.1, 0.15) is 17.1 Å². The third kappa shape index (κ3) is 4.15. The van der Waals surface area contributed by atoms with Crippen molar-refractivity contribution >= 4 is 28.9 Å². The van der Waals surface area contributed by atoms with E-state index in [0.717, 1.165) is 6.54 Å². The molecule has 39 heavy (non-hydrogen) atoms. The molecule has 12 nitrogen and oxygen atoms in total. The minimum absolute atomic E-state index is 0.0218. The number of phenols is 1. The maximum Gasteiger partial charge on any atom is 0.255 e. The normalized spacial score (nSPS) is 26.1. The van der Waals surface area contributed by atoms with Crippen molar-refractivity contribution < 1.29 is 34.8 Å². The number of primary amides is 1. The Kier molecular flexibility index (Phi) is 7.00. The van der Waals surface area contributed by atoms with Crippen LogP contribution in [0, 0.1) is 5.92 Å². The highest BCUT2D eigenvalue weighted by Crippen LogP contribution is 2.54. The standard InChI is InChI=1S/C27H35N5O7/c1-5-30-10-12(2)31-11-14-7-16(32(3)4)15-6-13-8-26(29)9-17(33)20(25(28)38)24(37)27(26,39)23(36)18(13)22(35)19(15)21(14)34/h7,13,30-31,34-35,37,39H,2,5-6,8-11,29H2,1,3-4H3,(H2,28,38)/t13-,26+,27-/m0/s1. The molecule has 0 aliphatic heterocycles. The maximum atomic E-state index is 13.8. The number of phenolic OH excluding ortho intramolecular Hbond substituents is 1. The van der Waals surface area contributed by atoms with Gasteiger partial charge in [-0.3, -0.25) is 14.4 Å². The van der Waals surface area contributed by atoms with Crippen LogP contribution in [0.4, 0.5) is 5.69 Å². The number of hydrogen-bond donors (Lipinski definition) is 8. The largest absolute Gasteiger partial charge is 0.508 e.